The summed E-state index contributed by atoms with van der Waals surface area (Å²) >= 11 is 0. The molecule has 0 amide bonds. The summed E-state index contributed by atoms with van der Waals surface area (Å²) in [7, 11) is 0. The molecule has 1 fully saturated rings. The van der Waals surface area contributed by atoms with Gasteiger partial charge in [-0.25, -0.2) is 0 Å². The molecule has 0 heterocycles. The molecule has 2 atom stereocenters. The highest BCUT2D eigenvalue weighted by molar-refractivity contribution is 5.26. The van der Waals surface area contributed by atoms with Crippen molar-refractivity contribution in [2.45, 2.75) is 50.5 Å². The van der Waals surface area contributed by atoms with Gasteiger partial charge in [0.15, 0.2) is 0 Å². The van der Waals surface area contributed by atoms with Gasteiger partial charge in [-0.2, -0.15) is 0 Å². The van der Waals surface area contributed by atoms with E-state index in [0.29, 0.717) is 5.92 Å². The summed E-state index contributed by atoms with van der Waals surface area (Å²) in [6.07, 6.45) is 5.39. The number of benzene rings is 1. The summed E-state index contributed by atoms with van der Waals surface area (Å²) in [5.74, 6) is 0.380. The lowest BCUT2D eigenvalue weighted by Crippen LogP contribution is -2.45. The summed E-state index contributed by atoms with van der Waals surface area (Å²) in [4.78, 5) is 0. The van der Waals surface area contributed by atoms with Gasteiger partial charge < -0.3 is 5.11 Å². The third kappa shape index (κ3) is 2.07. The minimum Gasteiger partial charge on any atom is -0.389 e. The molecule has 1 heteroatoms. The largest absolute Gasteiger partial charge is 0.389 e. The number of rotatable bonds is 4. The molecule has 0 unspecified atom stereocenters. The molecule has 0 saturated heterocycles. The van der Waals surface area contributed by atoms with Crippen LogP contribution in [-0.2, 0) is 0 Å². The lowest BCUT2D eigenvalue weighted by atomic mass is 9.64. The SMILES string of the molecule is CCCC[C@@]1(O)CC[C@@H]1c1ccccc1. The van der Waals surface area contributed by atoms with Crippen LogP contribution in [0.1, 0.15) is 50.5 Å². The molecule has 1 aliphatic carbocycles. The van der Waals surface area contributed by atoms with Crippen LogP contribution in [-0.4, -0.2) is 10.7 Å². The molecule has 1 nitrogen and oxygen atoms in total. The van der Waals surface area contributed by atoms with E-state index in [-0.39, 0.29) is 0 Å². The maximum Gasteiger partial charge on any atom is 0.0716 e. The van der Waals surface area contributed by atoms with E-state index in [0.717, 1.165) is 25.7 Å². The topological polar surface area (TPSA) is 20.2 Å². The summed E-state index contributed by atoms with van der Waals surface area (Å²) in [6, 6.07) is 10.4. The highest BCUT2D eigenvalue weighted by atomic mass is 16.3. The predicted octanol–water partition coefficient (Wildman–Crippen LogP) is 3.49. The zero-order valence-corrected chi connectivity index (χ0v) is 9.45. The van der Waals surface area contributed by atoms with Gasteiger partial charge in [0.1, 0.15) is 0 Å². The van der Waals surface area contributed by atoms with Gasteiger partial charge in [0.25, 0.3) is 0 Å². The Hall–Kier alpha value is -0.820. The van der Waals surface area contributed by atoms with Gasteiger partial charge in [-0.3, -0.25) is 0 Å². The van der Waals surface area contributed by atoms with Gasteiger partial charge in [0, 0.05) is 5.92 Å². The molecular weight excluding hydrogens is 184 g/mol. The molecule has 1 saturated carbocycles. The minimum atomic E-state index is -0.405. The van der Waals surface area contributed by atoms with Gasteiger partial charge in [0.2, 0.25) is 0 Å². The van der Waals surface area contributed by atoms with E-state index < -0.39 is 5.60 Å². The van der Waals surface area contributed by atoms with Crippen LogP contribution in [0.3, 0.4) is 0 Å². The standard InChI is InChI=1S/C14H20O/c1-2-3-10-14(15)11-9-13(14)12-7-5-4-6-8-12/h4-8,13,15H,2-3,9-11H2,1H3/t13-,14-/m1/s1. The number of hydrogen-bond donors (Lipinski definition) is 1. The maximum atomic E-state index is 10.5. The van der Waals surface area contributed by atoms with Gasteiger partial charge in [-0.05, 0) is 24.8 Å². The van der Waals surface area contributed by atoms with Gasteiger partial charge in [-0.1, -0.05) is 50.1 Å². The Kier molecular flexibility index (Phi) is 3.11. The molecular formula is C14H20O. The van der Waals surface area contributed by atoms with E-state index in [1.54, 1.807) is 0 Å². The van der Waals surface area contributed by atoms with E-state index in [2.05, 4.69) is 31.2 Å². The van der Waals surface area contributed by atoms with Gasteiger partial charge in [0.05, 0.1) is 5.60 Å². The van der Waals surface area contributed by atoms with Crippen LogP contribution in [0.25, 0.3) is 0 Å². The van der Waals surface area contributed by atoms with Crippen LogP contribution in [0.4, 0.5) is 0 Å². The quantitative estimate of drug-likeness (QED) is 0.796. The Balaban J connectivity index is 2.05. The summed E-state index contributed by atoms with van der Waals surface area (Å²) in [5, 5.41) is 10.5. The highest BCUT2D eigenvalue weighted by Gasteiger charge is 2.44. The Morgan fingerprint density at radius 3 is 2.60 bits per heavy atom. The molecule has 0 radical (unpaired) electrons. The Labute approximate surface area is 92.1 Å². The first-order chi connectivity index (χ1) is 7.26. The average Bonchev–Trinajstić information content (AvgIpc) is 2.26. The van der Waals surface area contributed by atoms with E-state index in [1.807, 2.05) is 6.07 Å². The van der Waals surface area contributed by atoms with E-state index in [1.165, 1.54) is 12.0 Å². The molecule has 0 bridgehead atoms. The fourth-order valence-electron chi connectivity index (χ4n) is 2.57. The molecule has 0 spiro atoms. The van der Waals surface area contributed by atoms with E-state index in [4.69, 9.17) is 0 Å². The van der Waals surface area contributed by atoms with Crippen molar-refractivity contribution in [3.05, 3.63) is 35.9 Å². The predicted molar refractivity (Wildman–Crippen MR) is 62.9 cm³/mol. The van der Waals surface area contributed by atoms with Crippen LogP contribution in [0.5, 0.6) is 0 Å². The van der Waals surface area contributed by atoms with Gasteiger partial charge >= 0.3 is 0 Å². The Morgan fingerprint density at radius 2 is 2.07 bits per heavy atom. The van der Waals surface area contributed by atoms with Crippen molar-refractivity contribution in [1.82, 2.24) is 0 Å². The van der Waals surface area contributed by atoms with Crippen LogP contribution in [0, 0.1) is 0 Å². The highest BCUT2D eigenvalue weighted by Crippen LogP contribution is 2.48. The molecule has 2 rings (SSSR count). The van der Waals surface area contributed by atoms with Crippen LogP contribution >= 0.6 is 0 Å². The molecule has 15 heavy (non-hydrogen) atoms. The first-order valence-electron chi connectivity index (χ1n) is 6.03. The zero-order chi connectivity index (χ0) is 10.7. The fraction of sp³-hybridized carbons (Fsp3) is 0.571. The van der Waals surface area contributed by atoms with Crippen molar-refractivity contribution >= 4 is 0 Å². The second-order valence-electron chi connectivity index (χ2n) is 4.71. The van der Waals surface area contributed by atoms with Crippen molar-refractivity contribution in [2.75, 3.05) is 0 Å². The Bertz CT molecular complexity index is 306. The van der Waals surface area contributed by atoms with Crippen molar-refractivity contribution in [1.29, 1.82) is 0 Å². The lowest BCUT2D eigenvalue weighted by molar-refractivity contribution is -0.0660. The fourth-order valence-corrected chi connectivity index (χ4v) is 2.57. The van der Waals surface area contributed by atoms with Crippen molar-refractivity contribution < 1.29 is 5.11 Å². The molecule has 0 aromatic heterocycles. The monoisotopic (exact) mass is 204 g/mol. The summed E-state index contributed by atoms with van der Waals surface area (Å²) in [5.41, 5.74) is 0.902. The summed E-state index contributed by atoms with van der Waals surface area (Å²) < 4.78 is 0. The number of aliphatic hydroxyl groups is 1. The first-order valence-corrected chi connectivity index (χ1v) is 6.03. The second kappa shape index (κ2) is 4.36. The van der Waals surface area contributed by atoms with Crippen molar-refractivity contribution in [3.8, 4) is 0 Å². The Morgan fingerprint density at radius 1 is 1.33 bits per heavy atom. The maximum absolute atomic E-state index is 10.5. The third-order valence-electron chi connectivity index (χ3n) is 3.68. The smallest absolute Gasteiger partial charge is 0.0716 e. The normalized spacial score (nSPS) is 29.9. The number of hydrogen-bond acceptors (Lipinski definition) is 1. The molecule has 0 aliphatic heterocycles. The van der Waals surface area contributed by atoms with Crippen LogP contribution in [0.15, 0.2) is 30.3 Å². The number of unbranched alkanes of at least 4 members (excludes halogenated alkanes) is 1. The molecule has 1 N–H and O–H groups in total. The second-order valence-corrected chi connectivity index (χ2v) is 4.71. The molecule has 1 aromatic carbocycles. The summed E-state index contributed by atoms with van der Waals surface area (Å²) in [6.45, 7) is 2.18. The van der Waals surface area contributed by atoms with Crippen LogP contribution < -0.4 is 0 Å². The van der Waals surface area contributed by atoms with Crippen LogP contribution in [0.2, 0.25) is 0 Å². The molecule has 1 aromatic rings. The van der Waals surface area contributed by atoms with Crippen molar-refractivity contribution in [3.63, 3.8) is 0 Å². The van der Waals surface area contributed by atoms with E-state index in [9.17, 15) is 5.11 Å². The lowest BCUT2D eigenvalue weighted by Gasteiger charge is -2.46. The zero-order valence-electron chi connectivity index (χ0n) is 9.45. The van der Waals surface area contributed by atoms with E-state index >= 15 is 0 Å². The average molecular weight is 204 g/mol. The van der Waals surface area contributed by atoms with Crippen molar-refractivity contribution in [2.24, 2.45) is 0 Å². The molecule has 82 valence electrons. The third-order valence-corrected chi connectivity index (χ3v) is 3.68. The van der Waals surface area contributed by atoms with Gasteiger partial charge in [-0.15, -0.1) is 0 Å². The first kappa shape index (κ1) is 10.7. The minimum absolute atomic E-state index is 0.380. The molecule has 1 aliphatic rings.